The molecule has 0 saturated heterocycles. The maximum absolute atomic E-state index is 4.42. The predicted molar refractivity (Wildman–Crippen MR) is 129 cm³/mol. The fourth-order valence-electron chi connectivity index (χ4n) is 3.70. The Morgan fingerprint density at radius 2 is 1.86 bits per heavy atom. The summed E-state index contributed by atoms with van der Waals surface area (Å²) in [6, 6.07) is 19.5. The summed E-state index contributed by atoms with van der Waals surface area (Å²) in [5, 5.41) is 11.4. The molecule has 152 valence electrons. The molecule has 29 heavy (non-hydrogen) atoms. The molecule has 2 aromatic carbocycles. The summed E-state index contributed by atoms with van der Waals surface area (Å²) in [7, 11) is 1.83. The van der Waals surface area contributed by atoms with Gasteiger partial charge >= 0.3 is 0 Å². The van der Waals surface area contributed by atoms with Crippen molar-refractivity contribution >= 4 is 29.9 Å². The van der Waals surface area contributed by atoms with E-state index in [2.05, 4.69) is 76.2 Å². The van der Waals surface area contributed by atoms with Crippen LogP contribution < -0.4 is 10.6 Å². The van der Waals surface area contributed by atoms with E-state index in [-0.39, 0.29) is 24.0 Å². The van der Waals surface area contributed by atoms with Crippen LogP contribution in [-0.2, 0) is 13.1 Å². The maximum Gasteiger partial charge on any atom is 0.191 e. The molecule has 6 heteroatoms. The third-order valence-electron chi connectivity index (χ3n) is 5.38. The molecule has 5 nitrogen and oxygen atoms in total. The molecule has 4 rings (SSSR count). The fourth-order valence-corrected chi connectivity index (χ4v) is 3.70. The second-order valence-electron chi connectivity index (χ2n) is 7.35. The molecule has 1 aliphatic carbocycles. The molecular formula is C23H28IN5. The number of nitrogens with one attached hydrogen (secondary N) is 2. The van der Waals surface area contributed by atoms with Gasteiger partial charge < -0.3 is 10.6 Å². The Bertz CT molecular complexity index is 951. The van der Waals surface area contributed by atoms with Gasteiger partial charge in [-0.25, -0.2) is 0 Å². The zero-order valence-corrected chi connectivity index (χ0v) is 19.2. The molecule has 1 aliphatic rings. The third kappa shape index (κ3) is 5.38. The van der Waals surface area contributed by atoms with E-state index in [0.29, 0.717) is 12.0 Å². The van der Waals surface area contributed by atoms with Gasteiger partial charge in [0.2, 0.25) is 0 Å². The number of guanidine groups is 1. The average Bonchev–Trinajstić information content (AvgIpc) is 3.28. The van der Waals surface area contributed by atoms with Crippen LogP contribution in [0.2, 0.25) is 0 Å². The van der Waals surface area contributed by atoms with E-state index in [1.165, 1.54) is 22.3 Å². The molecule has 0 amide bonds. The molecule has 1 saturated carbocycles. The molecule has 0 aliphatic heterocycles. The molecular weight excluding hydrogens is 473 g/mol. The van der Waals surface area contributed by atoms with Crippen LogP contribution in [0.5, 0.6) is 0 Å². The number of rotatable bonds is 6. The van der Waals surface area contributed by atoms with Crippen molar-refractivity contribution in [3.05, 3.63) is 89.2 Å². The quantitative estimate of drug-likeness (QED) is 0.304. The van der Waals surface area contributed by atoms with Crippen molar-refractivity contribution in [1.29, 1.82) is 0 Å². The van der Waals surface area contributed by atoms with Gasteiger partial charge in [0, 0.05) is 37.9 Å². The monoisotopic (exact) mass is 501 g/mol. The van der Waals surface area contributed by atoms with Gasteiger partial charge in [0.25, 0.3) is 0 Å². The van der Waals surface area contributed by atoms with Crippen molar-refractivity contribution in [2.45, 2.75) is 38.4 Å². The zero-order valence-electron chi connectivity index (χ0n) is 16.9. The van der Waals surface area contributed by atoms with Gasteiger partial charge in [-0.15, -0.1) is 24.0 Å². The Labute approximate surface area is 189 Å². The minimum atomic E-state index is 0. The van der Waals surface area contributed by atoms with Gasteiger partial charge in [-0.1, -0.05) is 48.5 Å². The highest BCUT2D eigenvalue weighted by molar-refractivity contribution is 14.0. The third-order valence-corrected chi connectivity index (χ3v) is 5.38. The molecule has 2 atom stereocenters. The van der Waals surface area contributed by atoms with Crippen molar-refractivity contribution in [3.63, 3.8) is 0 Å². The maximum atomic E-state index is 4.42. The lowest BCUT2D eigenvalue weighted by molar-refractivity contribution is 0.677. The number of nitrogens with zero attached hydrogens (tertiary/aromatic N) is 3. The second-order valence-corrected chi connectivity index (χ2v) is 7.35. The minimum absolute atomic E-state index is 0. The van der Waals surface area contributed by atoms with Crippen LogP contribution in [0.15, 0.2) is 72.0 Å². The zero-order chi connectivity index (χ0) is 19.3. The van der Waals surface area contributed by atoms with Crippen LogP contribution in [0.1, 0.15) is 34.6 Å². The van der Waals surface area contributed by atoms with Crippen LogP contribution in [0.4, 0.5) is 0 Å². The van der Waals surface area contributed by atoms with E-state index in [1.54, 1.807) is 0 Å². The Balaban J connectivity index is 0.00000240. The van der Waals surface area contributed by atoms with Gasteiger partial charge in [-0.05, 0) is 41.7 Å². The standard InChI is InChI=1S/C23H27N5.HI/c1-17-8-3-6-11-20(17)21-14-22(21)27-23(24-2)25-15-18-9-4-5-10-19(18)16-28-13-7-12-26-28;/h3-13,21-22H,14-16H2,1-2H3,(H2,24,25,27);1H. The van der Waals surface area contributed by atoms with Crippen molar-refractivity contribution < 1.29 is 0 Å². The lowest BCUT2D eigenvalue weighted by Crippen LogP contribution is -2.38. The van der Waals surface area contributed by atoms with E-state index in [0.717, 1.165) is 25.5 Å². The van der Waals surface area contributed by atoms with Crippen LogP contribution in [0, 0.1) is 6.92 Å². The lowest BCUT2D eigenvalue weighted by atomic mass is 10.0. The summed E-state index contributed by atoms with van der Waals surface area (Å²) in [6.07, 6.45) is 4.96. The molecule has 1 heterocycles. The van der Waals surface area contributed by atoms with Gasteiger partial charge in [-0.2, -0.15) is 5.10 Å². The fraction of sp³-hybridized carbons (Fsp3) is 0.304. The number of hydrogen-bond acceptors (Lipinski definition) is 2. The van der Waals surface area contributed by atoms with E-state index in [9.17, 15) is 0 Å². The topological polar surface area (TPSA) is 54.2 Å². The Morgan fingerprint density at radius 3 is 2.59 bits per heavy atom. The summed E-state index contributed by atoms with van der Waals surface area (Å²) >= 11 is 0. The van der Waals surface area contributed by atoms with Gasteiger partial charge in [-0.3, -0.25) is 9.67 Å². The molecule has 0 spiro atoms. The summed E-state index contributed by atoms with van der Waals surface area (Å²) in [6.45, 7) is 3.70. The molecule has 1 fully saturated rings. The first-order valence-corrected chi connectivity index (χ1v) is 9.81. The molecule has 1 aromatic heterocycles. The van der Waals surface area contributed by atoms with Crippen molar-refractivity contribution in [2.24, 2.45) is 4.99 Å². The summed E-state index contributed by atoms with van der Waals surface area (Å²) < 4.78 is 1.95. The van der Waals surface area contributed by atoms with Gasteiger partial charge in [0.05, 0.1) is 6.54 Å². The van der Waals surface area contributed by atoms with Gasteiger partial charge in [0.15, 0.2) is 5.96 Å². The SMILES string of the molecule is CN=C(NCc1ccccc1Cn1cccn1)NC1CC1c1ccccc1C.I. The van der Waals surface area contributed by atoms with E-state index in [1.807, 2.05) is 30.2 Å². The molecule has 2 N–H and O–H groups in total. The normalized spacial score (nSPS) is 18.1. The van der Waals surface area contributed by atoms with Gasteiger partial charge in [0.1, 0.15) is 0 Å². The summed E-state index contributed by atoms with van der Waals surface area (Å²) in [5.74, 6) is 1.43. The van der Waals surface area contributed by atoms with Crippen LogP contribution in [-0.4, -0.2) is 28.8 Å². The molecule has 0 radical (unpaired) electrons. The number of aromatic nitrogens is 2. The van der Waals surface area contributed by atoms with Crippen LogP contribution in [0.3, 0.4) is 0 Å². The van der Waals surface area contributed by atoms with Crippen molar-refractivity contribution in [1.82, 2.24) is 20.4 Å². The number of aryl methyl sites for hydroxylation is 1. The molecule has 0 bridgehead atoms. The first-order chi connectivity index (χ1) is 13.7. The highest BCUT2D eigenvalue weighted by Crippen LogP contribution is 2.42. The van der Waals surface area contributed by atoms with Crippen LogP contribution in [0.25, 0.3) is 0 Å². The van der Waals surface area contributed by atoms with Crippen molar-refractivity contribution in [3.8, 4) is 0 Å². The average molecular weight is 501 g/mol. The highest BCUT2D eigenvalue weighted by Gasteiger charge is 2.39. The summed E-state index contributed by atoms with van der Waals surface area (Å²) in [5.41, 5.74) is 5.33. The Morgan fingerprint density at radius 1 is 1.10 bits per heavy atom. The molecule has 2 unspecified atom stereocenters. The Hall–Kier alpha value is -2.35. The lowest BCUT2D eigenvalue weighted by Gasteiger charge is -2.15. The first kappa shape index (κ1) is 21.4. The predicted octanol–water partition coefficient (Wildman–Crippen LogP) is 4.08. The smallest absolute Gasteiger partial charge is 0.191 e. The summed E-state index contributed by atoms with van der Waals surface area (Å²) in [4.78, 5) is 4.42. The largest absolute Gasteiger partial charge is 0.353 e. The number of halogens is 1. The molecule has 3 aromatic rings. The van der Waals surface area contributed by atoms with E-state index >= 15 is 0 Å². The highest BCUT2D eigenvalue weighted by atomic mass is 127. The van der Waals surface area contributed by atoms with E-state index in [4.69, 9.17) is 0 Å². The van der Waals surface area contributed by atoms with Crippen molar-refractivity contribution in [2.75, 3.05) is 7.05 Å². The first-order valence-electron chi connectivity index (χ1n) is 9.81. The number of hydrogen-bond donors (Lipinski definition) is 2. The minimum Gasteiger partial charge on any atom is -0.353 e. The van der Waals surface area contributed by atoms with Crippen LogP contribution >= 0.6 is 24.0 Å². The number of benzene rings is 2. The van der Waals surface area contributed by atoms with E-state index < -0.39 is 0 Å². The Kier molecular flexibility index (Phi) is 7.30. The second kappa shape index (κ2) is 9.91. The number of aliphatic imine (C=N–C) groups is 1.